The lowest BCUT2D eigenvalue weighted by molar-refractivity contribution is 0.526. The highest BCUT2D eigenvalue weighted by Gasteiger charge is 2.21. The van der Waals surface area contributed by atoms with Gasteiger partial charge in [-0.1, -0.05) is 26.0 Å². The third kappa shape index (κ3) is 4.30. The molecule has 100 valence electrons. The summed E-state index contributed by atoms with van der Waals surface area (Å²) in [6.07, 6.45) is 2.70. The van der Waals surface area contributed by atoms with Gasteiger partial charge in [-0.25, -0.2) is 0 Å². The molecule has 1 aromatic carbocycles. The Bertz CT molecular complexity index is 357. The average Bonchev–Trinajstić information content (AvgIpc) is 3.15. The normalized spacial score (nSPS) is 17.1. The predicted octanol–water partition coefficient (Wildman–Crippen LogP) is 3.20. The van der Waals surface area contributed by atoms with Gasteiger partial charge in [0.2, 0.25) is 0 Å². The maximum absolute atomic E-state index is 3.59. The highest BCUT2D eigenvalue weighted by Crippen LogP contribution is 2.25. The quantitative estimate of drug-likeness (QED) is 0.740. The summed E-state index contributed by atoms with van der Waals surface area (Å²) in [6, 6.07) is 10.2. The van der Waals surface area contributed by atoms with E-state index in [4.69, 9.17) is 0 Å². The Labute approximate surface area is 115 Å². The van der Waals surface area contributed by atoms with Crippen LogP contribution in [0.4, 0.5) is 0 Å². The first-order valence-corrected chi connectivity index (χ1v) is 7.74. The van der Waals surface area contributed by atoms with Crippen molar-refractivity contribution in [3.05, 3.63) is 29.8 Å². The lowest BCUT2D eigenvalue weighted by atomic mass is 10.1. The van der Waals surface area contributed by atoms with Crippen molar-refractivity contribution in [2.75, 3.05) is 13.6 Å². The Morgan fingerprint density at radius 3 is 2.39 bits per heavy atom. The van der Waals surface area contributed by atoms with Gasteiger partial charge < -0.3 is 10.6 Å². The molecule has 1 aliphatic carbocycles. The molecule has 1 unspecified atom stereocenters. The summed E-state index contributed by atoms with van der Waals surface area (Å²) in [5.41, 5.74) is 1.37. The molecule has 0 aliphatic heterocycles. The molecule has 3 heteroatoms. The molecule has 0 radical (unpaired) electrons. The molecule has 2 N–H and O–H groups in total. The Morgan fingerprint density at radius 1 is 1.22 bits per heavy atom. The molecule has 1 aliphatic rings. The molecule has 0 spiro atoms. The first kappa shape index (κ1) is 13.9. The summed E-state index contributed by atoms with van der Waals surface area (Å²) >= 11 is 1.92. The van der Waals surface area contributed by atoms with Crippen LogP contribution < -0.4 is 10.6 Å². The number of likely N-dealkylation sites (N-methyl/N-ethyl adjacent to an activating group) is 1. The number of thioether (sulfide) groups is 1. The minimum atomic E-state index is 0.420. The van der Waals surface area contributed by atoms with Crippen LogP contribution in [0.15, 0.2) is 29.2 Å². The lowest BCUT2D eigenvalue weighted by Gasteiger charge is -2.18. The summed E-state index contributed by atoms with van der Waals surface area (Å²) in [4.78, 5) is 1.36. The third-order valence-corrected chi connectivity index (χ3v) is 4.21. The number of benzene rings is 1. The Hall–Kier alpha value is -0.510. The van der Waals surface area contributed by atoms with E-state index in [0.29, 0.717) is 11.3 Å². The Morgan fingerprint density at radius 2 is 1.89 bits per heavy atom. The monoisotopic (exact) mass is 264 g/mol. The molecule has 0 aromatic heterocycles. The molecule has 18 heavy (non-hydrogen) atoms. The van der Waals surface area contributed by atoms with Crippen molar-refractivity contribution in [2.24, 2.45) is 0 Å². The van der Waals surface area contributed by atoms with Gasteiger partial charge in [-0.05, 0) is 37.6 Å². The van der Waals surface area contributed by atoms with Crippen LogP contribution in [0.5, 0.6) is 0 Å². The van der Waals surface area contributed by atoms with Gasteiger partial charge in [0.05, 0.1) is 0 Å². The van der Waals surface area contributed by atoms with E-state index in [9.17, 15) is 0 Å². The van der Waals surface area contributed by atoms with E-state index in [1.807, 2.05) is 18.8 Å². The second kappa shape index (κ2) is 6.60. The van der Waals surface area contributed by atoms with Gasteiger partial charge >= 0.3 is 0 Å². The number of hydrogen-bond donors (Lipinski definition) is 2. The molecule has 0 heterocycles. The number of rotatable bonds is 7. The van der Waals surface area contributed by atoms with Crippen LogP contribution in [0, 0.1) is 0 Å². The molecule has 0 bridgehead atoms. The van der Waals surface area contributed by atoms with Gasteiger partial charge in [-0.15, -0.1) is 11.8 Å². The van der Waals surface area contributed by atoms with Crippen LogP contribution in [0.2, 0.25) is 0 Å². The van der Waals surface area contributed by atoms with Crippen molar-refractivity contribution in [3.63, 3.8) is 0 Å². The van der Waals surface area contributed by atoms with E-state index in [-0.39, 0.29) is 0 Å². The van der Waals surface area contributed by atoms with Crippen LogP contribution in [-0.4, -0.2) is 24.9 Å². The smallest absolute Gasteiger partial charge is 0.0444 e. The van der Waals surface area contributed by atoms with Crippen molar-refractivity contribution in [1.82, 2.24) is 10.6 Å². The van der Waals surface area contributed by atoms with Crippen LogP contribution >= 0.6 is 11.8 Å². The van der Waals surface area contributed by atoms with Crippen molar-refractivity contribution < 1.29 is 0 Å². The first-order valence-electron chi connectivity index (χ1n) is 6.86. The van der Waals surface area contributed by atoms with Gasteiger partial charge in [-0.2, -0.15) is 0 Å². The van der Waals surface area contributed by atoms with E-state index in [1.54, 1.807) is 0 Å². The van der Waals surface area contributed by atoms with Crippen molar-refractivity contribution in [3.8, 4) is 0 Å². The second-order valence-electron chi connectivity index (χ2n) is 5.26. The Kier molecular flexibility index (Phi) is 5.10. The van der Waals surface area contributed by atoms with Crippen molar-refractivity contribution in [2.45, 2.75) is 48.9 Å². The maximum atomic E-state index is 3.59. The second-order valence-corrected chi connectivity index (χ2v) is 6.91. The summed E-state index contributed by atoms with van der Waals surface area (Å²) in [7, 11) is 2.04. The van der Waals surface area contributed by atoms with E-state index >= 15 is 0 Å². The largest absolute Gasteiger partial charge is 0.312 e. The standard InChI is InChI=1S/C15H24N2S/c1-11(2)18-14-8-4-12(5-9-14)15(16-3)10-17-13-6-7-13/h4-5,8-9,11,13,15-17H,6-7,10H2,1-3H3. The average molecular weight is 264 g/mol. The molecular weight excluding hydrogens is 240 g/mol. The van der Waals surface area contributed by atoms with Gasteiger partial charge in [-0.3, -0.25) is 0 Å². The molecule has 1 atom stereocenters. The minimum Gasteiger partial charge on any atom is -0.312 e. The molecule has 2 rings (SSSR count). The highest BCUT2D eigenvalue weighted by molar-refractivity contribution is 7.99. The lowest BCUT2D eigenvalue weighted by Crippen LogP contribution is -2.30. The van der Waals surface area contributed by atoms with Crippen molar-refractivity contribution >= 4 is 11.8 Å². The van der Waals surface area contributed by atoms with E-state index in [2.05, 4.69) is 48.7 Å². The summed E-state index contributed by atoms with van der Waals surface area (Å²) in [5.74, 6) is 0. The fraction of sp³-hybridized carbons (Fsp3) is 0.600. The van der Waals surface area contributed by atoms with Gasteiger partial charge in [0, 0.05) is 28.8 Å². The van der Waals surface area contributed by atoms with Gasteiger partial charge in [0.1, 0.15) is 0 Å². The first-order chi connectivity index (χ1) is 8.69. The van der Waals surface area contributed by atoms with Gasteiger partial charge in [0.15, 0.2) is 0 Å². The SMILES string of the molecule is CNC(CNC1CC1)c1ccc(SC(C)C)cc1. The summed E-state index contributed by atoms with van der Waals surface area (Å²) in [6.45, 7) is 5.49. The zero-order chi connectivity index (χ0) is 13.0. The Balaban J connectivity index is 1.92. The molecule has 0 amide bonds. The molecule has 0 saturated heterocycles. The molecule has 2 nitrogen and oxygen atoms in total. The molecule has 1 saturated carbocycles. The molecule has 1 fully saturated rings. The topological polar surface area (TPSA) is 24.1 Å². The van der Waals surface area contributed by atoms with Crippen LogP contribution in [0.25, 0.3) is 0 Å². The zero-order valence-corrected chi connectivity index (χ0v) is 12.4. The predicted molar refractivity (Wildman–Crippen MR) is 80.3 cm³/mol. The zero-order valence-electron chi connectivity index (χ0n) is 11.6. The maximum Gasteiger partial charge on any atom is 0.0444 e. The van der Waals surface area contributed by atoms with E-state index in [1.165, 1.54) is 23.3 Å². The molecular formula is C15H24N2S. The van der Waals surface area contributed by atoms with E-state index in [0.717, 1.165) is 12.6 Å². The van der Waals surface area contributed by atoms with Crippen molar-refractivity contribution in [1.29, 1.82) is 0 Å². The van der Waals surface area contributed by atoms with E-state index < -0.39 is 0 Å². The third-order valence-electron chi connectivity index (χ3n) is 3.19. The number of nitrogens with one attached hydrogen (secondary N) is 2. The number of hydrogen-bond acceptors (Lipinski definition) is 3. The fourth-order valence-electron chi connectivity index (χ4n) is 2.01. The fourth-order valence-corrected chi connectivity index (χ4v) is 2.85. The highest BCUT2D eigenvalue weighted by atomic mass is 32.2. The molecule has 1 aromatic rings. The van der Waals surface area contributed by atoms with Crippen LogP contribution in [0.1, 0.15) is 38.3 Å². The minimum absolute atomic E-state index is 0.420. The van der Waals surface area contributed by atoms with Crippen LogP contribution in [-0.2, 0) is 0 Å². The van der Waals surface area contributed by atoms with Gasteiger partial charge in [0.25, 0.3) is 0 Å². The van der Waals surface area contributed by atoms with Crippen LogP contribution in [0.3, 0.4) is 0 Å². The summed E-state index contributed by atoms with van der Waals surface area (Å²) in [5, 5.41) is 7.62. The summed E-state index contributed by atoms with van der Waals surface area (Å²) < 4.78 is 0.